The predicted molar refractivity (Wildman–Crippen MR) is 81.4 cm³/mol. The van der Waals surface area contributed by atoms with Gasteiger partial charge in [-0.05, 0) is 12.1 Å². The van der Waals surface area contributed by atoms with Crippen molar-refractivity contribution in [1.82, 2.24) is 4.98 Å². The molecule has 4 nitrogen and oxygen atoms in total. The Morgan fingerprint density at radius 2 is 2.19 bits per heavy atom. The van der Waals surface area contributed by atoms with E-state index in [0.29, 0.717) is 23.7 Å². The molecule has 2 heterocycles. The summed E-state index contributed by atoms with van der Waals surface area (Å²) in [5, 5.41) is 3.01. The molecular formula is C16H17NO3S. The van der Waals surface area contributed by atoms with Crippen molar-refractivity contribution in [1.29, 1.82) is 0 Å². The normalized spacial score (nSPS) is 14.0. The Labute approximate surface area is 127 Å². The van der Waals surface area contributed by atoms with Crippen LogP contribution >= 0.6 is 11.3 Å². The van der Waals surface area contributed by atoms with Gasteiger partial charge in [0.05, 0.1) is 11.3 Å². The molecule has 0 amide bonds. The fourth-order valence-electron chi connectivity index (χ4n) is 2.03. The number of fused-ring (bicyclic) bond motifs is 1. The van der Waals surface area contributed by atoms with E-state index in [-0.39, 0.29) is 17.8 Å². The van der Waals surface area contributed by atoms with E-state index in [0.717, 1.165) is 10.7 Å². The minimum atomic E-state index is 0.0197. The molecule has 0 atom stereocenters. The molecule has 0 radical (unpaired) electrons. The molecule has 0 N–H and O–H groups in total. The quantitative estimate of drug-likeness (QED) is 0.869. The van der Waals surface area contributed by atoms with Gasteiger partial charge in [0.25, 0.3) is 0 Å². The Hall–Kier alpha value is -1.88. The zero-order chi connectivity index (χ0) is 15.0. The second kappa shape index (κ2) is 5.15. The third-order valence-corrected chi connectivity index (χ3v) is 4.12. The number of carbonyl (C=O) groups excluding carboxylic acids is 1. The number of aromatic nitrogens is 1. The molecule has 0 aliphatic carbocycles. The minimum Gasteiger partial charge on any atom is -0.486 e. The highest BCUT2D eigenvalue weighted by Crippen LogP contribution is 2.30. The van der Waals surface area contributed by atoms with Crippen LogP contribution in [-0.4, -0.2) is 17.4 Å². The fourth-order valence-corrected chi connectivity index (χ4v) is 2.96. The largest absolute Gasteiger partial charge is 0.486 e. The van der Waals surface area contributed by atoms with Crippen LogP contribution in [0, 0.1) is 0 Å². The Bertz CT molecular complexity index is 685. The highest BCUT2D eigenvalue weighted by atomic mass is 32.1. The number of Topliss-reactive ketones (excluding diaryl/α,β-unsaturated/α-hetero) is 1. The van der Waals surface area contributed by atoms with Gasteiger partial charge >= 0.3 is 0 Å². The van der Waals surface area contributed by atoms with Crippen molar-refractivity contribution in [2.45, 2.75) is 32.8 Å². The average Bonchev–Trinajstić information content (AvgIpc) is 3.03. The van der Waals surface area contributed by atoms with Gasteiger partial charge in [0.1, 0.15) is 23.1 Å². The minimum absolute atomic E-state index is 0.0197. The SMILES string of the molecule is CC(C)(C)c1csc(COc2ccc3c(c2)OCC3=O)n1. The van der Waals surface area contributed by atoms with Crippen molar-refractivity contribution in [3.05, 3.63) is 39.8 Å². The molecule has 2 aromatic rings. The third kappa shape index (κ3) is 2.93. The number of hydrogen-bond acceptors (Lipinski definition) is 5. The number of ether oxygens (including phenoxy) is 2. The number of nitrogens with zero attached hydrogens (tertiary/aromatic N) is 1. The molecule has 0 unspecified atom stereocenters. The smallest absolute Gasteiger partial charge is 0.203 e. The first-order valence-corrected chi connectivity index (χ1v) is 7.69. The van der Waals surface area contributed by atoms with Gasteiger partial charge in [0.15, 0.2) is 6.61 Å². The van der Waals surface area contributed by atoms with Crippen molar-refractivity contribution in [2.75, 3.05) is 6.61 Å². The maximum Gasteiger partial charge on any atom is 0.203 e. The van der Waals surface area contributed by atoms with E-state index in [4.69, 9.17) is 9.47 Å². The van der Waals surface area contributed by atoms with Crippen LogP contribution in [0.25, 0.3) is 0 Å². The summed E-state index contributed by atoms with van der Waals surface area (Å²) in [7, 11) is 0. The fraction of sp³-hybridized carbons (Fsp3) is 0.375. The molecule has 5 heteroatoms. The molecule has 1 aliphatic rings. The lowest BCUT2D eigenvalue weighted by atomic mass is 9.93. The standard InChI is InChI=1S/C16H17NO3S/c1-16(2,3)14-9-21-15(17-14)8-19-10-4-5-11-12(18)7-20-13(11)6-10/h4-6,9H,7-8H2,1-3H3. The van der Waals surface area contributed by atoms with E-state index in [9.17, 15) is 4.79 Å². The second-order valence-electron chi connectivity index (χ2n) is 6.03. The lowest BCUT2D eigenvalue weighted by molar-refractivity contribution is 0.0961. The van der Waals surface area contributed by atoms with E-state index in [1.807, 2.05) is 0 Å². The van der Waals surface area contributed by atoms with Crippen LogP contribution in [0.3, 0.4) is 0 Å². The Morgan fingerprint density at radius 3 is 2.90 bits per heavy atom. The molecule has 1 aliphatic heterocycles. The van der Waals surface area contributed by atoms with E-state index in [2.05, 4.69) is 31.1 Å². The zero-order valence-electron chi connectivity index (χ0n) is 12.3. The van der Waals surface area contributed by atoms with Crippen molar-refractivity contribution in [2.24, 2.45) is 0 Å². The summed E-state index contributed by atoms with van der Waals surface area (Å²) >= 11 is 1.60. The number of rotatable bonds is 3. The third-order valence-electron chi connectivity index (χ3n) is 3.29. The first-order valence-electron chi connectivity index (χ1n) is 6.81. The molecule has 0 bridgehead atoms. The maximum atomic E-state index is 11.5. The van der Waals surface area contributed by atoms with Crippen molar-refractivity contribution < 1.29 is 14.3 Å². The number of thiazole rings is 1. The monoisotopic (exact) mass is 303 g/mol. The highest BCUT2D eigenvalue weighted by molar-refractivity contribution is 7.09. The van der Waals surface area contributed by atoms with Crippen LogP contribution in [0.4, 0.5) is 0 Å². The summed E-state index contributed by atoms with van der Waals surface area (Å²) < 4.78 is 11.0. The molecule has 3 rings (SSSR count). The van der Waals surface area contributed by atoms with E-state index in [1.165, 1.54) is 0 Å². The summed E-state index contributed by atoms with van der Waals surface area (Å²) in [5.74, 6) is 1.31. The number of benzene rings is 1. The maximum absolute atomic E-state index is 11.5. The van der Waals surface area contributed by atoms with Gasteiger partial charge < -0.3 is 9.47 Å². The van der Waals surface area contributed by atoms with Crippen molar-refractivity contribution in [3.63, 3.8) is 0 Å². The number of ketones is 1. The molecule has 110 valence electrons. The second-order valence-corrected chi connectivity index (χ2v) is 6.98. The van der Waals surface area contributed by atoms with Gasteiger partial charge in [-0.2, -0.15) is 0 Å². The lowest BCUT2D eigenvalue weighted by Crippen LogP contribution is -2.11. The van der Waals surface area contributed by atoms with E-state index < -0.39 is 0 Å². The summed E-state index contributed by atoms with van der Waals surface area (Å²) in [4.78, 5) is 16.1. The van der Waals surface area contributed by atoms with Crippen LogP contribution in [-0.2, 0) is 12.0 Å². The lowest BCUT2D eigenvalue weighted by Gasteiger charge is -2.14. The van der Waals surface area contributed by atoms with Crippen LogP contribution < -0.4 is 9.47 Å². The van der Waals surface area contributed by atoms with Gasteiger partial charge in [-0.3, -0.25) is 4.79 Å². The molecule has 1 aromatic carbocycles. The van der Waals surface area contributed by atoms with Gasteiger partial charge in [0, 0.05) is 16.9 Å². The first kappa shape index (κ1) is 14.1. The van der Waals surface area contributed by atoms with Crippen LogP contribution in [0.2, 0.25) is 0 Å². The van der Waals surface area contributed by atoms with Gasteiger partial charge in [-0.25, -0.2) is 4.98 Å². The summed E-state index contributed by atoms with van der Waals surface area (Å²) in [6.07, 6.45) is 0. The number of hydrogen-bond donors (Lipinski definition) is 0. The Balaban J connectivity index is 1.68. The predicted octanol–water partition coefficient (Wildman–Crippen LogP) is 3.59. The topological polar surface area (TPSA) is 48.4 Å². The van der Waals surface area contributed by atoms with Crippen molar-refractivity contribution in [3.8, 4) is 11.5 Å². The summed E-state index contributed by atoms with van der Waals surface area (Å²) in [6.45, 7) is 6.97. The molecule has 0 spiro atoms. The van der Waals surface area contributed by atoms with E-state index in [1.54, 1.807) is 29.5 Å². The Morgan fingerprint density at radius 1 is 1.38 bits per heavy atom. The van der Waals surface area contributed by atoms with Crippen LogP contribution in [0.1, 0.15) is 41.8 Å². The molecular weight excluding hydrogens is 286 g/mol. The van der Waals surface area contributed by atoms with Crippen molar-refractivity contribution >= 4 is 17.1 Å². The number of carbonyl (C=O) groups is 1. The molecule has 0 fully saturated rings. The van der Waals surface area contributed by atoms with Crippen LogP contribution in [0.15, 0.2) is 23.6 Å². The van der Waals surface area contributed by atoms with Crippen LogP contribution in [0.5, 0.6) is 11.5 Å². The average molecular weight is 303 g/mol. The van der Waals surface area contributed by atoms with Gasteiger partial charge in [-0.1, -0.05) is 20.8 Å². The zero-order valence-corrected chi connectivity index (χ0v) is 13.1. The molecule has 0 saturated carbocycles. The Kier molecular flexibility index (Phi) is 3.45. The highest BCUT2D eigenvalue weighted by Gasteiger charge is 2.21. The molecule has 1 aromatic heterocycles. The summed E-state index contributed by atoms with van der Waals surface area (Å²) in [6, 6.07) is 5.31. The van der Waals surface area contributed by atoms with Gasteiger partial charge in [-0.15, -0.1) is 11.3 Å². The van der Waals surface area contributed by atoms with E-state index >= 15 is 0 Å². The summed E-state index contributed by atoms with van der Waals surface area (Å²) in [5.41, 5.74) is 1.76. The first-order chi connectivity index (χ1) is 9.93. The molecule has 0 saturated heterocycles. The molecule has 21 heavy (non-hydrogen) atoms. The van der Waals surface area contributed by atoms with Gasteiger partial charge in [0.2, 0.25) is 5.78 Å².